The van der Waals surface area contributed by atoms with Gasteiger partial charge < -0.3 is 5.32 Å². The van der Waals surface area contributed by atoms with Gasteiger partial charge in [-0.05, 0) is 36.2 Å². The molecule has 156 valence electrons. The molecule has 0 radical (unpaired) electrons. The SMILES string of the molecule is O=C(NCCc1ccccc1)c1ccccc1NS(=O)(=O)Cc1c(Cl)cccc1Cl. The van der Waals surface area contributed by atoms with Crippen molar-refractivity contribution in [2.24, 2.45) is 0 Å². The summed E-state index contributed by atoms with van der Waals surface area (Å²) in [5, 5.41) is 3.35. The standard InChI is InChI=1S/C22H20Cl2N2O3S/c23-19-10-6-11-20(24)18(19)15-30(28,29)26-21-12-5-4-9-17(21)22(27)25-14-13-16-7-2-1-3-8-16/h1-12,26H,13-15H2,(H,25,27). The van der Waals surface area contributed by atoms with Crippen molar-refractivity contribution in [3.63, 3.8) is 0 Å². The van der Waals surface area contributed by atoms with E-state index in [-0.39, 0.29) is 27.2 Å². The summed E-state index contributed by atoms with van der Waals surface area (Å²) in [4.78, 5) is 12.6. The van der Waals surface area contributed by atoms with Crippen molar-refractivity contribution in [1.82, 2.24) is 5.32 Å². The number of anilines is 1. The number of hydrogen-bond donors (Lipinski definition) is 2. The molecule has 2 N–H and O–H groups in total. The first-order valence-electron chi connectivity index (χ1n) is 9.20. The molecule has 8 heteroatoms. The average molecular weight is 463 g/mol. The summed E-state index contributed by atoms with van der Waals surface area (Å²) in [5.74, 6) is -0.768. The van der Waals surface area contributed by atoms with Crippen molar-refractivity contribution in [3.8, 4) is 0 Å². The summed E-state index contributed by atoms with van der Waals surface area (Å²) in [5.41, 5.74) is 1.83. The van der Waals surface area contributed by atoms with E-state index in [2.05, 4.69) is 10.0 Å². The number of sulfonamides is 1. The van der Waals surface area contributed by atoms with Crippen LogP contribution in [0.4, 0.5) is 5.69 Å². The van der Waals surface area contributed by atoms with Crippen LogP contribution in [0.1, 0.15) is 21.5 Å². The van der Waals surface area contributed by atoms with E-state index in [1.807, 2.05) is 30.3 Å². The number of para-hydroxylation sites is 1. The van der Waals surface area contributed by atoms with Crippen molar-refractivity contribution in [2.45, 2.75) is 12.2 Å². The number of carbonyl (C=O) groups excluding carboxylic acids is 1. The number of halogens is 2. The van der Waals surface area contributed by atoms with E-state index < -0.39 is 15.8 Å². The Hall–Kier alpha value is -2.54. The molecule has 0 heterocycles. The normalized spacial score (nSPS) is 11.1. The summed E-state index contributed by atoms with van der Waals surface area (Å²) in [6.45, 7) is 0.430. The molecule has 0 aliphatic rings. The highest BCUT2D eigenvalue weighted by atomic mass is 35.5. The number of benzene rings is 3. The summed E-state index contributed by atoms with van der Waals surface area (Å²) >= 11 is 12.2. The van der Waals surface area contributed by atoms with Gasteiger partial charge in [-0.3, -0.25) is 9.52 Å². The molecule has 0 saturated heterocycles. The monoisotopic (exact) mass is 462 g/mol. The molecule has 5 nitrogen and oxygen atoms in total. The smallest absolute Gasteiger partial charge is 0.253 e. The van der Waals surface area contributed by atoms with Gasteiger partial charge in [-0.1, -0.05) is 71.7 Å². The van der Waals surface area contributed by atoms with E-state index in [4.69, 9.17) is 23.2 Å². The van der Waals surface area contributed by atoms with Crippen molar-refractivity contribution in [2.75, 3.05) is 11.3 Å². The van der Waals surface area contributed by atoms with Crippen LogP contribution in [0.25, 0.3) is 0 Å². The maximum atomic E-state index is 12.7. The number of hydrogen-bond acceptors (Lipinski definition) is 3. The third-order valence-corrected chi connectivity index (χ3v) is 6.28. The molecule has 3 aromatic rings. The lowest BCUT2D eigenvalue weighted by Gasteiger charge is -2.14. The van der Waals surface area contributed by atoms with E-state index in [1.165, 1.54) is 6.07 Å². The van der Waals surface area contributed by atoms with Gasteiger partial charge in [0.25, 0.3) is 5.91 Å². The number of nitrogens with one attached hydrogen (secondary N) is 2. The van der Waals surface area contributed by atoms with Crippen LogP contribution in [0.15, 0.2) is 72.8 Å². The first-order chi connectivity index (χ1) is 14.4. The molecule has 3 aromatic carbocycles. The van der Waals surface area contributed by atoms with Crippen LogP contribution in [-0.4, -0.2) is 20.9 Å². The Kier molecular flexibility index (Phi) is 7.37. The fraction of sp³-hybridized carbons (Fsp3) is 0.136. The fourth-order valence-corrected chi connectivity index (χ4v) is 4.86. The molecule has 30 heavy (non-hydrogen) atoms. The van der Waals surface area contributed by atoms with Crippen LogP contribution in [-0.2, 0) is 22.2 Å². The first-order valence-corrected chi connectivity index (χ1v) is 11.6. The zero-order valence-corrected chi connectivity index (χ0v) is 18.3. The molecule has 0 aliphatic carbocycles. The van der Waals surface area contributed by atoms with Crippen LogP contribution >= 0.6 is 23.2 Å². The summed E-state index contributed by atoms with van der Waals surface area (Å²) in [7, 11) is -3.85. The highest BCUT2D eigenvalue weighted by Gasteiger charge is 2.19. The minimum Gasteiger partial charge on any atom is -0.352 e. The molecular formula is C22H20Cl2N2O3S. The maximum Gasteiger partial charge on any atom is 0.253 e. The van der Waals surface area contributed by atoms with Gasteiger partial charge in [-0.15, -0.1) is 0 Å². The van der Waals surface area contributed by atoms with Gasteiger partial charge >= 0.3 is 0 Å². The molecule has 1 amide bonds. The van der Waals surface area contributed by atoms with Gasteiger partial charge in [0, 0.05) is 22.2 Å². The second-order valence-electron chi connectivity index (χ2n) is 6.60. The molecule has 0 spiro atoms. The Morgan fingerprint density at radius 3 is 2.17 bits per heavy atom. The van der Waals surface area contributed by atoms with Gasteiger partial charge in [0.1, 0.15) is 0 Å². The quantitative estimate of drug-likeness (QED) is 0.499. The predicted molar refractivity (Wildman–Crippen MR) is 122 cm³/mol. The van der Waals surface area contributed by atoms with E-state index in [1.54, 1.807) is 36.4 Å². The van der Waals surface area contributed by atoms with Crippen LogP contribution in [0.3, 0.4) is 0 Å². The largest absolute Gasteiger partial charge is 0.352 e. The molecular weight excluding hydrogens is 443 g/mol. The second-order valence-corrected chi connectivity index (χ2v) is 9.14. The zero-order chi connectivity index (χ0) is 21.6. The molecule has 3 rings (SSSR count). The third-order valence-electron chi connectivity index (χ3n) is 4.38. The fourth-order valence-electron chi connectivity index (χ4n) is 2.89. The van der Waals surface area contributed by atoms with Gasteiger partial charge in [-0.25, -0.2) is 8.42 Å². The van der Waals surface area contributed by atoms with Gasteiger partial charge in [0.2, 0.25) is 10.0 Å². The van der Waals surface area contributed by atoms with Crippen molar-refractivity contribution in [3.05, 3.63) is 99.5 Å². The van der Waals surface area contributed by atoms with Gasteiger partial charge in [0.05, 0.1) is 17.0 Å². The minimum absolute atomic E-state index is 0.192. The Labute approximate surface area is 186 Å². The average Bonchev–Trinajstić information content (AvgIpc) is 2.72. The number of amides is 1. The lowest BCUT2D eigenvalue weighted by atomic mass is 10.1. The highest BCUT2D eigenvalue weighted by Crippen LogP contribution is 2.27. The van der Waals surface area contributed by atoms with E-state index >= 15 is 0 Å². The second kappa shape index (κ2) is 9.98. The van der Waals surface area contributed by atoms with Crippen molar-refractivity contribution < 1.29 is 13.2 Å². The zero-order valence-electron chi connectivity index (χ0n) is 15.9. The molecule has 0 unspecified atom stereocenters. The Morgan fingerprint density at radius 2 is 1.47 bits per heavy atom. The predicted octanol–water partition coefficient (Wildman–Crippen LogP) is 4.91. The number of rotatable bonds is 8. The van der Waals surface area contributed by atoms with Crippen LogP contribution in [0.2, 0.25) is 10.0 Å². The van der Waals surface area contributed by atoms with Crippen LogP contribution in [0.5, 0.6) is 0 Å². The summed E-state index contributed by atoms with van der Waals surface area (Å²) in [6, 6.07) is 21.0. The molecule has 0 aliphatic heterocycles. The number of carbonyl (C=O) groups is 1. The Bertz CT molecular complexity index is 1120. The topological polar surface area (TPSA) is 75.3 Å². The Balaban J connectivity index is 1.70. The summed E-state index contributed by atoms with van der Waals surface area (Å²) in [6.07, 6.45) is 0.672. The lowest BCUT2D eigenvalue weighted by molar-refractivity contribution is 0.0955. The molecule has 0 aromatic heterocycles. The van der Waals surface area contributed by atoms with E-state index in [9.17, 15) is 13.2 Å². The lowest BCUT2D eigenvalue weighted by Crippen LogP contribution is -2.27. The van der Waals surface area contributed by atoms with E-state index in [0.717, 1.165) is 5.56 Å². The highest BCUT2D eigenvalue weighted by molar-refractivity contribution is 7.91. The van der Waals surface area contributed by atoms with Gasteiger partial charge in [-0.2, -0.15) is 0 Å². The van der Waals surface area contributed by atoms with Crippen molar-refractivity contribution in [1.29, 1.82) is 0 Å². The summed E-state index contributed by atoms with van der Waals surface area (Å²) < 4.78 is 27.8. The molecule has 0 atom stereocenters. The molecule has 0 fully saturated rings. The van der Waals surface area contributed by atoms with Crippen LogP contribution < -0.4 is 10.0 Å². The third kappa shape index (κ3) is 5.98. The van der Waals surface area contributed by atoms with E-state index in [0.29, 0.717) is 18.5 Å². The molecule has 0 saturated carbocycles. The minimum atomic E-state index is -3.85. The molecule has 0 bridgehead atoms. The van der Waals surface area contributed by atoms with Gasteiger partial charge in [0.15, 0.2) is 0 Å². The first kappa shape index (κ1) is 22.2. The maximum absolute atomic E-state index is 12.7. The Morgan fingerprint density at radius 1 is 0.833 bits per heavy atom. The van der Waals surface area contributed by atoms with Crippen LogP contribution in [0, 0.1) is 0 Å². The van der Waals surface area contributed by atoms with Crippen molar-refractivity contribution >= 4 is 44.8 Å².